The van der Waals surface area contributed by atoms with E-state index in [1.54, 1.807) is 0 Å². The molecule has 4 aliphatic rings. The predicted octanol–water partition coefficient (Wildman–Crippen LogP) is 3.21. The van der Waals surface area contributed by atoms with E-state index in [0.29, 0.717) is 31.5 Å². The molecule has 4 saturated carbocycles. The SMILES string of the molecule is CC(=O)OCC(=O)[C@]1(OC(C)=O)CC[C@@]2(C)[C@@H](CC(=O)[C@@H]3[C@@H]2CC[C@]2(C)C(=O)CC[C@@H]32)C1. The number of Topliss-reactive ketones (excluding diaryl/α,β-unsaturated/α-hetero) is 3. The van der Waals surface area contributed by atoms with Gasteiger partial charge in [0.15, 0.2) is 12.2 Å². The van der Waals surface area contributed by atoms with Gasteiger partial charge < -0.3 is 9.47 Å². The molecule has 0 bridgehead atoms. The summed E-state index contributed by atoms with van der Waals surface area (Å²) in [5, 5.41) is 0. The van der Waals surface area contributed by atoms with E-state index in [2.05, 4.69) is 6.92 Å². The molecule has 4 fully saturated rings. The Bertz CT molecular complexity index is 878. The molecule has 0 aromatic heterocycles. The third-order valence-electron chi connectivity index (χ3n) is 9.48. The maximum absolute atomic E-state index is 13.5. The Kier molecular flexibility index (Phi) is 5.61. The van der Waals surface area contributed by atoms with Gasteiger partial charge in [-0.05, 0) is 61.7 Å². The fourth-order valence-corrected chi connectivity index (χ4v) is 7.66. The molecule has 0 aromatic rings. The molecular formula is C25H34O7. The number of fused-ring (bicyclic) bond motifs is 5. The fourth-order valence-electron chi connectivity index (χ4n) is 7.66. The standard InChI is InChI=1S/C25H34O7/c1-14(26)31-13-21(30)25(32-15(2)27)10-9-23(3)16(12-25)11-19(28)22-17-5-6-20(29)24(17,4)8-7-18(22)23/h16-18,22H,5-13H2,1-4H3/t16-,17-,18-,22-,23-,24-,25-/m0/s1. The number of esters is 2. The number of rotatable bonds is 4. The summed E-state index contributed by atoms with van der Waals surface area (Å²) in [7, 11) is 0. The molecule has 4 aliphatic carbocycles. The number of hydrogen-bond acceptors (Lipinski definition) is 7. The topological polar surface area (TPSA) is 104 Å². The second-order valence-corrected chi connectivity index (χ2v) is 11.0. The lowest BCUT2D eigenvalue weighted by atomic mass is 9.44. The lowest BCUT2D eigenvalue weighted by molar-refractivity contribution is -0.190. The summed E-state index contributed by atoms with van der Waals surface area (Å²) >= 11 is 0. The summed E-state index contributed by atoms with van der Waals surface area (Å²) in [6.07, 6.45) is 4.64. The molecule has 32 heavy (non-hydrogen) atoms. The first-order valence-corrected chi connectivity index (χ1v) is 11.9. The van der Waals surface area contributed by atoms with Gasteiger partial charge in [0.2, 0.25) is 5.78 Å². The third-order valence-corrected chi connectivity index (χ3v) is 9.48. The average Bonchev–Trinajstić information content (AvgIpc) is 3.01. The Morgan fingerprint density at radius 1 is 0.969 bits per heavy atom. The van der Waals surface area contributed by atoms with E-state index in [9.17, 15) is 24.0 Å². The van der Waals surface area contributed by atoms with Gasteiger partial charge in [-0.2, -0.15) is 0 Å². The Morgan fingerprint density at radius 2 is 1.69 bits per heavy atom. The number of ether oxygens (including phenoxy) is 2. The first kappa shape index (κ1) is 23.1. The first-order valence-electron chi connectivity index (χ1n) is 11.9. The zero-order valence-corrected chi connectivity index (χ0v) is 19.5. The van der Waals surface area contributed by atoms with Gasteiger partial charge in [-0.3, -0.25) is 24.0 Å². The predicted molar refractivity (Wildman–Crippen MR) is 113 cm³/mol. The molecule has 7 heteroatoms. The minimum atomic E-state index is -1.36. The zero-order chi connectivity index (χ0) is 23.5. The van der Waals surface area contributed by atoms with Crippen LogP contribution in [0.4, 0.5) is 0 Å². The van der Waals surface area contributed by atoms with E-state index in [1.165, 1.54) is 13.8 Å². The molecule has 0 unspecified atom stereocenters. The van der Waals surface area contributed by atoms with Gasteiger partial charge in [-0.15, -0.1) is 0 Å². The van der Waals surface area contributed by atoms with Crippen LogP contribution in [0.25, 0.3) is 0 Å². The number of ketones is 3. The van der Waals surface area contributed by atoms with Crippen molar-refractivity contribution in [2.75, 3.05) is 6.61 Å². The van der Waals surface area contributed by atoms with Crippen molar-refractivity contribution in [3.05, 3.63) is 0 Å². The lowest BCUT2D eigenvalue weighted by Gasteiger charge is -2.60. The summed E-state index contributed by atoms with van der Waals surface area (Å²) in [6, 6.07) is 0. The van der Waals surface area contributed by atoms with Gasteiger partial charge in [-0.25, -0.2) is 0 Å². The molecule has 0 saturated heterocycles. The second kappa shape index (κ2) is 7.77. The quantitative estimate of drug-likeness (QED) is 0.611. The summed E-state index contributed by atoms with van der Waals surface area (Å²) < 4.78 is 10.5. The maximum Gasteiger partial charge on any atom is 0.303 e. The number of carbonyl (C=O) groups excluding carboxylic acids is 5. The van der Waals surface area contributed by atoms with Crippen molar-refractivity contribution in [3.8, 4) is 0 Å². The van der Waals surface area contributed by atoms with Gasteiger partial charge in [0.05, 0.1) is 0 Å². The monoisotopic (exact) mass is 446 g/mol. The van der Waals surface area contributed by atoms with Crippen LogP contribution in [0.3, 0.4) is 0 Å². The van der Waals surface area contributed by atoms with Crippen molar-refractivity contribution >= 4 is 29.3 Å². The number of hydrogen-bond donors (Lipinski definition) is 0. The van der Waals surface area contributed by atoms with Crippen molar-refractivity contribution < 1.29 is 33.4 Å². The van der Waals surface area contributed by atoms with Crippen LogP contribution >= 0.6 is 0 Å². The first-order chi connectivity index (χ1) is 14.9. The van der Waals surface area contributed by atoms with Crippen LogP contribution in [0.1, 0.15) is 79.1 Å². The van der Waals surface area contributed by atoms with E-state index < -0.39 is 29.9 Å². The molecule has 0 heterocycles. The molecule has 7 nitrogen and oxygen atoms in total. The molecule has 0 radical (unpaired) electrons. The number of carbonyl (C=O) groups is 5. The highest BCUT2D eigenvalue weighted by molar-refractivity contribution is 5.93. The normalized spacial score (nSPS) is 43.0. The summed E-state index contributed by atoms with van der Waals surface area (Å²) in [5.74, 6) is -0.944. The van der Waals surface area contributed by atoms with E-state index >= 15 is 0 Å². The largest absolute Gasteiger partial charge is 0.458 e. The minimum absolute atomic E-state index is 0.0907. The average molecular weight is 447 g/mol. The fraction of sp³-hybridized carbons (Fsp3) is 0.800. The maximum atomic E-state index is 13.5. The Balaban J connectivity index is 1.62. The van der Waals surface area contributed by atoms with Crippen LogP contribution < -0.4 is 0 Å². The second-order valence-electron chi connectivity index (χ2n) is 11.0. The van der Waals surface area contributed by atoms with Gasteiger partial charge in [0.25, 0.3) is 0 Å². The van der Waals surface area contributed by atoms with Crippen molar-refractivity contribution in [3.63, 3.8) is 0 Å². The molecule has 0 N–H and O–H groups in total. The highest BCUT2D eigenvalue weighted by Crippen LogP contribution is 2.65. The van der Waals surface area contributed by atoms with Crippen LogP contribution in [-0.4, -0.2) is 41.5 Å². The Hall–Kier alpha value is -2.05. The highest BCUT2D eigenvalue weighted by atomic mass is 16.6. The molecule has 4 rings (SSSR count). The summed E-state index contributed by atoms with van der Waals surface area (Å²) in [6.45, 7) is 6.33. The van der Waals surface area contributed by atoms with Gasteiger partial charge >= 0.3 is 11.9 Å². The smallest absolute Gasteiger partial charge is 0.303 e. The highest BCUT2D eigenvalue weighted by Gasteiger charge is 2.65. The van der Waals surface area contributed by atoms with Crippen molar-refractivity contribution in [1.82, 2.24) is 0 Å². The van der Waals surface area contributed by atoms with Crippen LogP contribution in [0, 0.1) is 34.5 Å². The molecule has 0 aliphatic heterocycles. The van der Waals surface area contributed by atoms with Crippen molar-refractivity contribution in [2.45, 2.75) is 84.7 Å². The van der Waals surface area contributed by atoms with Crippen LogP contribution in [-0.2, 0) is 33.4 Å². The summed E-state index contributed by atoms with van der Waals surface area (Å²) in [4.78, 5) is 62.3. The Labute approximate surface area is 189 Å². The molecular weight excluding hydrogens is 412 g/mol. The van der Waals surface area contributed by atoms with Crippen LogP contribution in [0.15, 0.2) is 0 Å². The van der Waals surface area contributed by atoms with Crippen LogP contribution in [0.2, 0.25) is 0 Å². The van der Waals surface area contributed by atoms with Gasteiger partial charge in [0, 0.05) is 38.0 Å². The van der Waals surface area contributed by atoms with E-state index in [-0.39, 0.29) is 46.7 Å². The zero-order valence-electron chi connectivity index (χ0n) is 19.5. The van der Waals surface area contributed by atoms with Gasteiger partial charge in [0.1, 0.15) is 11.6 Å². The molecule has 176 valence electrons. The van der Waals surface area contributed by atoms with Crippen molar-refractivity contribution in [1.29, 1.82) is 0 Å². The molecule has 0 spiro atoms. The van der Waals surface area contributed by atoms with E-state index in [4.69, 9.17) is 9.47 Å². The van der Waals surface area contributed by atoms with Gasteiger partial charge in [-0.1, -0.05) is 13.8 Å². The summed E-state index contributed by atoms with van der Waals surface area (Å²) in [5.41, 5.74) is -1.89. The van der Waals surface area contributed by atoms with E-state index in [1.807, 2.05) is 6.92 Å². The van der Waals surface area contributed by atoms with E-state index in [0.717, 1.165) is 19.3 Å². The minimum Gasteiger partial charge on any atom is -0.458 e. The molecule has 0 amide bonds. The lowest BCUT2D eigenvalue weighted by Crippen LogP contribution is -2.61. The Morgan fingerprint density at radius 3 is 2.34 bits per heavy atom. The van der Waals surface area contributed by atoms with Crippen LogP contribution in [0.5, 0.6) is 0 Å². The third kappa shape index (κ3) is 3.43. The molecule has 7 atom stereocenters. The molecule has 0 aromatic carbocycles. The van der Waals surface area contributed by atoms with Crippen molar-refractivity contribution in [2.24, 2.45) is 34.5 Å².